The summed E-state index contributed by atoms with van der Waals surface area (Å²) in [5.41, 5.74) is 11.4. The topological polar surface area (TPSA) is 98.2 Å². The maximum Gasteiger partial charge on any atom is 0.253 e. The summed E-state index contributed by atoms with van der Waals surface area (Å²) in [5.74, 6) is -0.734. The van der Waals surface area contributed by atoms with Crippen molar-refractivity contribution in [2.24, 2.45) is 5.73 Å². The molecule has 0 fully saturated rings. The zero-order valence-corrected chi connectivity index (χ0v) is 10.4. The summed E-state index contributed by atoms with van der Waals surface area (Å²) >= 11 is 1.15. The molecule has 1 heterocycles. The van der Waals surface area contributed by atoms with Crippen molar-refractivity contribution in [2.45, 2.75) is 13.3 Å². The molecule has 0 bridgehead atoms. The molecule has 0 radical (unpaired) electrons. The van der Waals surface area contributed by atoms with Gasteiger partial charge in [0.25, 0.3) is 5.91 Å². The van der Waals surface area contributed by atoms with Crippen LogP contribution in [0.25, 0.3) is 0 Å². The highest BCUT2D eigenvalue weighted by molar-refractivity contribution is 7.19. The summed E-state index contributed by atoms with van der Waals surface area (Å²) in [7, 11) is 0. The first-order chi connectivity index (χ1) is 8.02. The predicted molar refractivity (Wildman–Crippen MR) is 70.6 cm³/mol. The van der Waals surface area contributed by atoms with Crippen molar-refractivity contribution in [1.29, 1.82) is 0 Å². The molecule has 92 valence electrons. The molecular weight excluding hydrogens is 238 g/mol. The van der Waals surface area contributed by atoms with Crippen LogP contribution in [0.4, 0.5) is 10.7 Å². The Labute approximate surface area is 103 Å². The predicted octanol–water partition coefficient (Wildman–Crippen LogP) is 1.62. The van der Waals surface area contributed by atoms with E-state index in [0.717, 1.165) is 11.3 Å². The van der Waals surface area contributed by atoms with Gasteiger partial charge in [-0.2, -0.15) is 0 Å². The number of thiophene rings is 1. The molecule has 1 aromatic heterocycles. The fourth-order valence-electron chi connectivity index (χ4n) is 1.35. The molecule has 0 spiro atoms. The van der Waals surface area contributed by atoms with Gasteiger partial charge >= 0.3 is 0 Å². The van der Waals surface area contributed by atoms with Crippen LogP contribution in [0.2, 0.25) is 0 Å². The number of nitrogens with one attached hydrogen (secondary N) is 1. The van der Waals surface area contributed by atoms with Crippen LogP contribution in [0.15, 0.2) is 12.7 Å². The lowest BCUT2D eigenvalue weighted by atomic mass is 10.1. The molecular formula is C11H15N3O2S. The number of primary amides is 1. The van der Waals surface area contributed by atoms with Gasteiger partial charge < -0.3 is 16.8 Å². The maximum atomic E-state index is 11.6. The quantitative estimate of drug-likeness (QED) is 0.530. The van der Waals surface area contributed by atoms with Crippen LogP contribution in [0.5, 0.6) is 0 Å². The molecule has 1 amide bonds. The zero-order chi connectivity index (χ0) is 13.0. The van der Waals surface area contributed by atoms with Crippen LogP contribution < -0.4 is 16.8 Å². The van der Waals surface area contributed by atoms with E-state index in [2.05, 4.69) is 11.9 Å². The van der Waals surface area contributed by atoms with E-state index in [1.807, 2.05) is 0 Å². The number of ketones is 1. The molecule has 0 saturated carbocycles. The van der Waals surface area contributed by atoms with Crippen molar-refractivity contribution in [3.8, 4) is 0 Å². The first-order valence-corrected chi connectivity index (χ1v) is 5.94. The minimum Gasteiger partial charge on any atom is -0.397 e. The Bertz CT molecular complexity index is 466. The van der Waals surface area contributed by atoms with Gasteiger partial charge in [-0.3, -0.25) is 9.59 Å². The third-order valence-electron chi connectivity index (χ3n) is 2.17. The Balaban J connectivity index is 3.24. The Kier molecular flexibility index (Phi) is 4.28. The normalized spacial score (nSPS) is 9.94. The van der Waals surface area contributed by atoms with Gasteiger partial charge in [0.15, 0.2) is 5.78 Å². The van der Waals surface area contributed by atoms with Crippen LogP contribution in [0.1, 0.15) is 33.4 Å². The van der Waals surface area contributed by atoms with Crippen LogP contribution in [0, 0.1) is 0 Å². The minimum atomic E-state index is -0.638. The molecule has 0 aromatic carbocycles. The number of anilines is 2. The number of hydrogen-bond donors (Lipinski definition) is 3. The van der Waals surface area contributed by atoms with Gasteiger partial charge in [-0.1, -0.05) is 13.0 Å². The molecule has 5 nitrogen and oxygen atoms in total. The van der Waals surface area contributed by atoms with Gasteiger partial charge in [0.2, 0.25) is 0 Å². The van der Waals surface area contributed by atoms with Crippen LogP contribution >= 0.6 is 11.3 Å². The highest BCUT2D eigenvalue weighted by atomic mass is 32.1. The van der Waals surface area contributed by atoms with Gasteiger partial charge in [-0.05, 0) is 0 Å². The van der Waals surface area contributed by atoms with Crippen molar-refractivity contribution < 1.29 is 9.59 Å². The molecule has 0 atom stereocenters. The maximum absolute atomic E-state index is 11.6. The zero-order valence-electron chi connectivity index (χ0n) is 9.58. The number of nitrogen functional groups attached to an aromatic ring is 1. The third-order valence-corrected chi connectivity index (χ3v) is 3.38. The molecule has 1 aromatic rings. The fraction of sp³-hybridized carbons (Fsp3) is 0.273. The molecule has 17 heavy (non-hydrogen) atoms. The fourth-order valence-corrected chi connectivity index (χ4v) is 2.49. The minimum absolute atomic E-state index is 0.0957. The number of carbonyl (C=O) groups excluding carboxylic acids is 2. The second-order valence-electron chi connectivity index (χ2n) is 3.36. The summed E-state index contributed by atoms with van der Waals surface area (Å²) in [6.07, 6.45) is 1.98. The lowest BCUT2D eigenvalue weighted by Crippen LogP contribution is -2.15. The molecule has 0 aliphatic heterocycles. The Hall–Kier alpha value is -1.82. The number of Topliss-reactive ketones (excluding diaryl/α,β-unsaturated/α-hetero) is 1. The highest BCUT2D eigenvalue weighted by Crippen LogP contribution is 2.36. The van der Waals surface area contributed by atoms with E-state index in [1.165, 1.54) is 0 Å². The van der Waals surface area contributed by atoms with E-state index in [4.69, 9.17) is 11.5 Å². The van der Waals surface area contributed by atoms with E-state index in [-0.39, 0.29) is 17.0 Å². The van der Waals surface area contributed by atoms with Crippen LogP contribution in [0.3, 0.4) is 0 Å². The second kappa shape index (κ2) is 5.49. The smallest absolute Gasteiger partial charge is 0.253 e. The van der Waals surface area contributed by atoms with Crippen molar-refractivity contribution in [1.82, 2.24) is 0 Å². The monoisotopic (exact) mass is 253 g/mol. The van der Waals surface area contributed by atoms with Gasteiger partial charge in [-0.25, -0.2) is 0 Å². The molecule has 6 heteroatoms. The molecule has 0 aliphatic carbocycles. The largest absolute Gasteiger partial charge is 0.397 e. The summed E-state index contributed by atoms with van der Waals surface area (Å²) in [4.78, 5) is 23.3. The second-order valence-corrected chi connectivity index (χ2v) is 4.38. The first-order valence-electron chi connectivity index (χ1n) is 5.12. The number of hydrogen-bond acceptors (Lipinski definition) is 5. The van der Waals surface area contributed by atoms with Crippen LogP contribution in [-0.2, 0) is 0 Å². The van der Waals surface area contributed by atoms with Gasteiger partial charge in [0.1, 0.15) is 5.00 Å². The average Bonchev–Trinajstić information content (AvgIpc) is 2.62. The van der Waals surface area contributed by atoms with Crippen molar-refractivity contribution in [3.05, 3.63) is 23.1 Å². The summed E-state index contributed by atoms with van der Waals surface area (Å²) < 4.78 is 0. The number of amides is 1. The van der Waals surface area contributed by atoms with Gasteiger partial charge in [0.05, 0.1) is 16.1 Å². The molecule has 0 aliphatic rings. The standard InChI is InChI=1S/C11H15N3O2S/c1-3-5-14-11-7(10(13)16)8(12)9(17-11)6(15)4-2/h3,14H,1,4-5,12H2,2H3,(H2,13,16). The van der Waals surface area contributed by atoms with E-state index in [1.54, 1.807) is 13.0 Å². The van der Waals surface area contributed by atoms with E-state index < -0.39 is 5.91 Å². The number of nitrogens with two attached hydrogens (primary N) is 2. The molecule has 0 unspecified atom stereocenters. The van der Waals surface area contributed by atoms with Gasteiger partial charge in [0, 0.05) is 13.0 Å². The summed E-state index contributed by atoms with van der Waals surface area (Å²) in [5, 5.41) is 3.47. The third kappa shape index (κ3) is 2.65. The van der Waals surface area contributed by atoms with E-state index in [9.17, 15) is 9.59 Å². The molecule has 0 saturated heterocycles. The van der Waals surface area contributed by atoms with E-state index in [0.29, 0.717) is 22.8 Å². The Morgan fingerprint density at radius 3 is 2.65 bits per heavy atom. The molecule has 1 rings (SSSR count). The average molecular weight is 253 g/mol. The number of carbonyl (C=O) groups is 2. The van der Waals surface area contributed by atoms with Crippen LogP contribution in [-0.4, -0.2) is 18.2 Å². The van der Waals surface area contributed by atoms with Crippen molar-refractivity contribution in [3.63, 3.8) is 0 Å². The van der Waals surface area contributed by atoms with Gasteiger partial charge in [-0.15, -0.1) is 17.9 Å². The first kappa shape index (κ1) is 13.2. The summed E-state index contributed by atoms with van der Waals surface area (Å²) in [6.45, 7) is 5.77. The summed E-state index contributed by atoms with van der Waals surface area (Å²) in [6, 6.07) is 0. The SMILES string of the molecule is C=CCNc1sc(C(=O)CC)c(N)c1C(N)=O. The van der Waals surface area contributed by atoms with Crippen molar-refractivity contribution >= 4 is 33.7 Å². The Morgan fingerprint density at radius 1 is 1.53 bits per heavy atom. The van der Waals surface area contributed by atoms with Crippen molar-refractivity contribution in [2.75, 3.05) is 17.6 Å². The molecule has 5 N–H and O–H groups in total. The lowest BCUT2D eigenvalue weighted by molar-refractivity contribution is 0.0991. The van der Waals surface area contributed by atoms with E-state index >= 15 is 0 Å². The Morgan fingerprint density at radius 2 is 2.18 bits per heavy atom. The number of rotatable bonds is 6. The highest BCUT2D eigenvalue weighted by Gasteiger charge is 2.22. The lowest BCUT2D eigenvalue weighted by Gasteiger charge is -2.01.